The molecular formula is C14H30N2. The van der Waals surface area contributed by atoms with Crippen LogP contribution in [0.1, 0.15) is 58.8 Å². The predicted octanol–water partition coefficient (Wildman–Crippen LogP) is 3.02. The van der Waals surface area contributed by atoms with Crippen LogP contribution in [0.4, 0.5) is 0 Å². The van der Waals surface area contributed by atoms with Crippen LogP contribution < -0.4 is 5.73 Å². The highest BCUT2D eigenvalue weighted by Crippen LogP contribution is 2.23. The largest absolute Gasteiger partial charge is 0.330 e. The van der Waals surface area contributed by atoms with Crippen LogP contribution in [-0.2, 0) is 0 Å². The molecule has 0 atom stereocenters. The first-order chi connectivity index (χ1) is 7.74. The van der Waals surface area contributed by atoms with Crippen LogP contribution in [0.25, 0.3) is 0 Å². The van der Waals surface area contributed by atoms with Crippen LogP contribution in [0.15, 0.2) is 0 Å². The smallest absolute Gasteiger partial charge is 0.00952 e. The fraction of sp³-hybridized carbons (Fsp3) is 1.00. The van der Waals surface area contributed by atoms with Gasteiger partial charge in [-0.15, -0.1) is 0 Å². The van der Waals surface area contributed by atoms with E-state index in [9.17, 15) is 0 Å². The molecule has 1 saturated carbocycles. The van der Waals surface area contributed by atoms with Crippen molar-refractivity contribution < 1.29 is 0 Å². The minimum Gasteiger partial charge on any atom is -0.330 e. The molecule has 1 fully saturated rings. The summed E-state index contributed by atoms with van der Waals surface area (Å²) < 4.78 is 0. The first kappa shape index (κ1) is 14.0. The zero-order valence-corrected chi connectivity index (χ0v) is 11.3. The number of hydrogen-bond acceptors (Lipinski definition) is 2. The third-order valence-corrected chi connectivity index (χ3v) is 3.73. The average molecular weight is 226 g/mol. The van der Waals surface area contributed by atoms with Crippen LogP contribution >= 0.6 is 0 Å². The van der Waals surface area contributed by atoms with Gasteiger partial charge in [-0.25, -0.2) is 0 Å². The Balaban J connectivity index is 2.34. The molecule has 2 N–H and O–H groups in total. The predicted molar refractivity (Wildman–Crippen MR) is 71.6 cm³/mol. The molecule has 0 saturated heterocycles. The van der Waals surface area contributed by atoms with Crippen molar-refractivity contribution in [1.29, 1.82) is 0 Å². The van der Waals surface area contributed by atoms with Crippen molar-refractivity contribution in [2.75, 3.05) is 19.6 Å². The van der Waals surface area contributed by atoms with Gasteiger partial charge in [0, 0.05) is 6.04 Å². The Morgan fingerprint density at radius 2 is 1.81 bits per heavy atom. The van der Waals surface area contributed by atoms with Crippen LogP contribution in [0.5, 0.6) is 0 Å². The lowest BCUT2D eigenvalue weighted by atomic mass is 9.93. The summed E-state index contributed by atoms with van der Waals surface area (Å²) in [5, 5.41) is 0. The molecule has 0 spiro atoms. The highest BCUT2D eigenvalue weighted by atomic mass is 15.1. The monoisotopic (exact) mass is 226 g/mol. The Bertz CT molecular complexity index is 162. The molecule has 0 unspecified atom stereocenters. The van der Waals surface area contributed by atoms with Gasteiger partial charge in [-0.2, -0.15) is 0 Å². The number of nitrogens with zero attached hydrogens (tertiary/aromatic N) is 1. The normalized spacial score (nSPS) is 18.6. The molecule has 2 nitrogen and oxygen atoms in total. The first-order valence-corrected chi connectivity index (χ1v) is 7.18. The van der Waals surface area contributed by atoms with E-state index in [1.54, 1.807) is 0 Å². The lowest BCUT2D eigenvalue weighted by molar-refractivity contribution is 0.148. The molecule has 1 aliphatic rings. The number of nitrogens with two attached hydrogens (primary N) is 1. The molecule has 0 aromatic carbocycles. The molecule has 1 rings (SSSR count). The third-order valence-electron chi connectivity index (χ3n) is 3.73. The third kappa shape index (κ3) is 5.31. The van der Waals surface area contributed by atoms with E-state index in [0.717, 1.165) is 24.9 Å². The van der Waals surface area contributed by atoms with Crippen LogP contribution in [-0.4, -0.2) is 30.6 Å². The summed E-state index contributed by atoms with van der Waals surface area (Å²) in [6, 6.07) is 0.860. The van der Waals surface area contributed by atoms with E-state index in [1.807, 2.05) is 0 Å². The summed E-state index contributed by atoms with van der Waals surface area (Å²) >= 11 is 0. The number of hydrogen-bond donors (Lipinski definition) is 1. The van der Waals surface area contributed by atoms with Gasteiger partial charge in [0.2, 0.25) is 0 Å². The summed E-state index contributed by atoms with van der Waals surface area (Å²) in [4.78, 5) is 2.71. The zero-order valence-electron chi connectivity index (χ0n) is 11.3. The number of rotatable bonds is 7. The van der Waals surface area contributed by atoms with Gasteiger partial charge in [-0.1, -0.05) is 33.1 Å². The topological polar surface area (TPSA) is 29.3 Å². The Morgan fingerprint density at radius 3 is 2.38 bits per heavy atom. The van der Waals surface area contributed by atoms with Crippen molar-refractivity contribution in [3.63, 3.8) is 0 Å². The van der Waals surface area contributed by atoms with Gasteiger partial charge in [0.15, 0.2) is 0 Å². The Morgan fingerprint density at radius 1 is 1.12 bits per heavy atom. The molecule has 1 aliphatic carbocycles. The maximum atomic E-state index is 5.64. The average Bonchev–Trinajstić information content (AvgIpc) is 2.30. The maximum Gasteiger partial charge on any atom is 0.00952 e. The van der Waals surface area contributed by atoms with Gasteiger partial charge in [0.1, 0.15) is 0 Å². The van der Waals surface area contributed by atoms with E-state index in [2.05, 4.69) is 18.7 Å². The lowest BCUT2D eigenvalue weighted by Crippen LogP contribution is -2.39. The van der Waals surface area contributed by atoms with Crippen molar-refractivity contribution in [3.05, 3.63) is 0 Å². The summed E-state index contributed by atoms with van der Waals surface area (Å²) in [6.45, 7) is 7.98. The second-order valence-electron chi connectivity index (χ2n) is 5.65. The summed E-state index contributed by atoms with van der Waals surface area (Å²) in [6.07, 6.45) is 9.66. The molecule has 96 valence electrons. The van der Waals surface area contributed by atoms with E-state index in [4.69, 9.17) is 5.73 Å². The molecule has 0 heterocycles. The minimum atomic E-state index is 0.823. The molecule has 0 radical (unpaired) electrons. The highest BCUT2D eigenvalue weighted by Gasteiger charge is 2.20. The van der Waals surface area contributed by atoms with Crippen molar-refractivity contribution >= 4 is 0 Å². The highest BCUT2D eigenvalue weighted by molar-refractivity contribution is 4.76. The molecule has 0 bridgehead atoms. The fourth-order valence-corrected chi connectivity index (χ4v) is 2.64. The Kier molecular flexibility index (Phi) is 7.06. The second-order valence-corrected chi connectivity index (χ2v) is 5.65. The summed E-state index contributed by atoms with van der Waals surface area (Å²) in [5.74, 6) is 0.823. The molecule has 0 aliphatic heterocycles. The molecule has 2 heteroatoms. The summed E-state index contributed by atoms with van der Waals surface area (Å²) in [5.41, 5.74) is 5.64. The van der Waals surface area contributed by atoms with Gasteiger partial charge in [0.05, 0.1) is 0 Å². The van der Waals surface area contributed by atoms with Crippen molar-refractivity contribution in [1.82, 2.24) is 4.90 Å². The van der Waals surface area contributed by atoms with Gasteiger partial charge < -0.3 is 10.6 Å². The quantitative estimate of drug-likeness (QED) is 0.723. The molecule has 0 aromatic rings. The molecule has 0 amide bonds. The van der Waals surface area contributed by atoms with E-state index in [1.165, 1.54) is 51.6 Å². The maximum absolute atomic E-state index is 5.64. The van der Waals surface area contributed by atoms with Crippen molar-refractivity contribution in [3.8, 4) is 0 Å². The van der Waals surface area contributed by atoms with Gasteiger partial charge >= 0.3 is 0 Å². The fourth-order valence-electron chi connectivity index (χ4n) is 2.64. The van der Waals surface area contributed by atoms with Gasteiger partial charge in [0.25, 0.3) is 0 Å². The van der Waals surface area contributed by atoms with Gasteiger partial charge in [-0.3, -0.25) is 0 Å². The van der Waals surface area contributed by atoms with E-state index >= 15 is 0 Å². The van der Waals surface area contributed by atoms with E-state index in [0.29, 0.717) is 0 Å². The van der Waals surface area contributed by atoms with Crippen molar-refractivity contribution in [2.24, 2.45) is 11.7 Å². The van der Waals surface area contributed by atoms with E-state index in [-0.39, 0.29) is 0 Å². The SMILES string of the molecule is CC(C)CCN(CCCN)C1CCCCC1. The zero-order chi connectivity index (χ0) is 11.8. The van der Waals surface area contributed by atoms with Crippen LogP contribution in [0, 0.1) is 5.92 Å². The molecule has 0 aromatic heterocycles. The summed E-state index contributed by atoms with van der Waals surface area (Å²) in [7, 11) is 0. The Labute approximate surface area is 102 Å². The minimum absolute atomic E-state index is 0.823. The van der Waals surface area contributed by atoms with E-state index < -0.39 is 0 Å². The van der Waals surface area contributed by atoms with Crippen molar-refractivity contribution in [2.45, 2.75) is 64.8 Å². The van der Waals surface area contributed by atoms with Gasteiger partial charge in [-0.05, 0) is 51.2 Å². The van der Waals surface area contributed by atoms with Crippen LogP contribution in [0.3, 0.4) is 0 Å². The molecular weight excluding hydrogens is 196 g/mol. The van der Waals surface area contributed by atoms with Crippen LogP contribution in [0.2, 0.25) is 0 Å². The lowest BCUT2D eigenvalue weighted by Gasteiger charge is -2.34. The Hall–Kier alpha value is -0.0800. The standard InChI is InChI=1S/C14H30N2/c1-13(2)9-12-16(11-6-10-15)14-7-4-3-5-8-14/h13-14H,3-12,15H2,1-2H3. The second kappa shape index (κ2) is 8.08. The first-order valence-electron chi connectivity index (χ1n) is 7.18. The molecule has 16 heavy (non-hydrogen) atoms.